The molecule has 12 heteroatoms. The van der Waals surface area contributed by atoms with E-state index >= 15 is 0 Å². The van der Waals surface area contributed by atoms with Crippen LogP contribution in [-0.2, 0) is 27.3 Å². The van der Waals surface area contributed by atoms with Crippen LogP contribution in [0.25, 0.3) is 0 Å². The van der Waals surface area contributed by atoms with Crippen LogP contribution in [0.3, 0.4) is 0 Å². The summed E-state index contributed by atoms with van der Waals surface area (Å²) < 4.78 is 18.5. The Kier molecular flexibility index (Phi) is 8.65. The van der Waals surface area contributed by atoms with Crippen molar-refractivity contribution in [1.82, 2.24) is 25.1 Å². The van der Waals surface area contributed by atoms with Gasteiger partial charge in [-0.3, -0.25) is 14.4 Å². The predicted octanol–water partition coefficient (Wildman–Crippen LogP) is 1.68. The molecule has 2 aromatic carbocycles. The van der Waals surface area contributed by atoms with Gasteiger partial charge in [-0.15, -0.1) is 0 Å². The summed E-state index contributed by atoms with van der Waals surface area (Å²) in [4.78, 5) is 54.3. The molecule has 0 aromatic heterocycles. The molecule has 2 heterocycles. The van der Waals surface area contributed by atoms with Crippen LogP contribution >= 0.6 is 0 Å². The molecule has 0 spiro atoms. The Bertz CT molecular complexity index is 1210. The number of aliphatic carboxylic acids is 1. The number of amides is 4. The molecule has 0 aliphatic carbocycles. The van der Waals surface area contributed by atoms with Gasteiger partial charge in [0.2, 0.25) is 11.8 Å². The van der Waals surface area contributed by atoms with E-state index in [1.165, 1.54) is 27.1 Å². The molecular weight excluding hydrogens is 509 g/mol. The second kappa shape index (κ2) is 12.1. The van der Waals surface area contributed by atoms with E-state index in [1.807, 2.05) is 24.3 Å². The predicted molar refractivity (Wildman–Crippen MR) is 138 cm³/mol. The number of nitrogens with one attached hydrogen (secondary N) is 1. The van der Waals surface area contributed by atoms with Gasteiger partial charge in [0.25, 0.3) is 0 Å². The number of likely N-dealkylation sites (N-methyl/N-ethyl adjacent to an activating group) is 1. The number of ether oxygens (including phenoxy) is 1. The first-order valence-corrected chi connectivity index (χ1v) is 12.6. The van der Waals surface area contributed by atoms with Crippen LogP contribution in [0.5, 0.6) is 5.75 Å². The van der Waals surface area contributed by atoms with E-state index in [0.717, 1.165) is 5.56 Å². The highest BCUT2D eigenvalue weighted by Crippen LogP contribution is 2.28. The van der Waals surface area contributed by atoms with Crippen molar-refractivity contribution in [2.75, 3.05) is 33.8 Å². The smallest absolute Gasteiger partial charge is 0.334 e. The number of hydrogen-bond acceptors (Lipinski definition) is 6. The Morgan fingerprint density at radius 2 is 1.74 bits per heavy atom. The van der Waals surface area contributed by atoms with Crippen molar-refractivity contribution in [3.8, 4) is 5.75 Å². The molecule has 11 nitrogen and oxygen atoms in total. The van der Waals surface area contributed by atoms with E-state index in [1.54, 1.807) is 31.2 Å². The van der Waals surface area contributed by atoms with Crippen LogP contribution in [0, 0.1) is 5.82 Å². The Labute approximate surface area is 225 Å². The number of urea groups is 1. The molecule has 39 heavy (non-hydrogen) atoms. The summed E-state index contributed by atoms with van der Waals surface area (Å²) in [6, 6.07) is 11.7. The zero-order chi connectivity index (χ0) is 28.1. The number of methoxy groups -OCH3 is 1. The van der Waals surface area contributed by atoms with Gasteiger partial charge in [-0.05, 0) is 48.2 Å². The minimum absolute atomic E-state index is 0.0653. The largest absolute Gasteiger partial charge is 0.497 e. The molecule has 2 aromatic rings. The summed E-state index contributed by atoms with van der Waals surface area (Å²) in [5.41, 5.74) is 1.66. The van der Waals surface area contributed by atoms with Crippen molar-refractivity contribution in [3.05, 3.63) is 65.5 Å². The second-order valence-electron chi connectivity index (χ2n) is 9.56. The number of nitrogens with zero attached hydrogens (tertiary/aromatic N) is 4. The molecule has 0 saturated carbocycles. The van der Waals surface area contributed by atoms with E-state index in [-0.39, 0.29) is 50.1 Å². The third-order valence-corrected chi connectivity index (χ3v) is 6.97. The third-order valence-electron chi connectivity index (χ3n) is 6.97. The number of rotatable bonds is 9. The van der Waals surface area contributed by atoms with E-state index in [0.29, 0.717) is 24.3 Å². The number of carbonyl (C=O) groups excluding carboxylic acids is 3. The lowest BCUT2D eigenvalue weighted by molar-refractivity contribution is -0.187. The quantitative estimate of drug-likeness (QED) is 0.495. The molecule has 2 fully saturated rings. The highest BCUT2D eigenvalue weighted by molar-refractivity contribution is 5.91. The average molecular weight is 542 g/mol. The summed E-state index contributed by atoms with van der Waals surface area (Å²) in [5, 5.41) is 15.0. The molecule has 4 amide bonds. The van der Waals surface area contributed by atoms with Gasteiger partial charge in [0, 0.05) is 26.6 Å². The normalized spacial score (nSPS) is 19.6. The zero-order valence-electron chi connectivity index (χ0n) is 21.9. The lowest BCUT2D eigenvalue weighted by atomic mass is 10.0. The van der Waals surface area contributed by atoms with Gasteiger partial charge in [0.05, 0.1) is 20.2 Å². The van der Waals surface area contributed by atoms with Gasteiger partial charge in [-0.25, -0.2) is 19.2 Å². The first-order valence-electron chi connectivity index (χ1n) is 12.6. The van der Waals surface area contributed by atoms with Gasteiger partial charge >= 0.3 is 12.0 Å². The number of carboxylic acid groups (broad SMARTS) is 1. The van der Waals surface area contributed by atoms with E-state index < -0.39 is 24.2 Å². The highest BCUT2D eigenvalue weighted by Gasteiger charge is 2.50. The molecule has 4 rings (SSSR count). The number of benzene rings is 2. The molecule has 2 atom stereocenters. The molecule has 2 saturated heterocycles. The Morgan fingerprint density at radius 1 is 1.08 bits per heavy atom. The molecule has 2 N–H and O–H groups in total. The SMILES string of the molecule is COc1ccc(CCN2C[C@H]3N(C(=O)CN(C)N3C(=O)NCc3ccc(F)cc3)[C@@H](CCC(=O)O)C2=O)cc1. The number of hydrazine groups is 1. The summed E-state index contributed by atoms with van der Waals surface area (Å²) in [7, 11) is 3.19. The standard InChI is InChI=1S/C27H32FN5O6/c1-30-17-24(34)32-22(11-12-25(35)36)26(37)31(14-13-18-5-9-21(39-2)10-6-18)16-23(32)33(30)27(38)29-15-19-3-7-20(28)8-4-19/h3-10,22-23H,11-17H2,1-2H3,(H,29,38)(H,35,36)/t22-,23-/m0/s1. The van der Waals surface area contributed by atoms with Gasteiger partial charge in [0.1, 0.15) is 23.8 Å². The zero-order valence-corrected chi connectivity index (χ0v) is 21.9. The van der Waals surface area contributed by atoms with Crippen molar-refractivity contribution in [3.63, 3.8) is 0 Å². The number of halogens is 1. The average Bonchev–Trinajstić information content (AvgIpc) is 2.91. The summed E-state index contributed by atoms with van der Waals surface area (Å²) in [6.07, 6.45) is -0.665. The van der Waals surface area contributed by atoms with Crippen LogP contribution in [0.2, 0.25) is 0 Å². The van der Waals surface area contributed by atoms with Crippen molar-refractivity contribution in [2.45, 2.75) is 38.0 Å². The monoisotopic (exact) mass is 541 g/mol. The maximum Gasteiger partial charge on any atom is 0.334 e. The maximum absolute atomic E-state index is 13.5. The second-order valence-corrected chi connectivity index (χ2v) is 9.56. The van der Waals surface area contributed by atoms with Crippen LogP contribution in [0.15, 0.2) is 48.5 Å². The fraction of sp³-hybridized carbons (Fsp3) is 0.407. The fourth-order valence-electron chi connectivity index (χ4n) is 4.96. The summed E-state index contributed by atoms with van der Waals surface area (Å²) >= 11 is 0. The van der Waals surface area contributed by atoms with Crippen LogP contribution in [-0.4, -0.2) is 94.7 Å². The molecule has 208 valence electrons. The van der Waals surface area contributed by atoms with Crippen molar-refractivity contribution in [1.29, 1.82) is 0 Å². The van der Waals surface area contributed by atoms with Crippen LogP contribution < -0.4 is 10.1 Å². The lowest BCUT2D eigenvalue weighted by Gasteiger charge is -2.54. The number of fused-ring (bicyclic) bond motifs is 1. The number of carbonyl (C=O) groups is 4. The van der Waals surface area contributed by atoms with Gasteiger partial charge in [-0.1, -0.05) is 24.3 Å². The maximum atomic E-state index is 13.5. The first-order chi connectivity index (χ1) is 18.7. The van der Waals surface area contributed by atoms with Crippen LogP contribution in [0.4, 0.5) is 9.18 Å². The van der Waals surface area contributed by atoms with Crippen molar-refractivity contribution < 1.29 is 33.4 Å². The first kappa shape index (κ1) is 27.8. The minimum Gasteiger partial charge on any atom is -0.497 e. The molecule has 2 aliphatic rings. The van der Waals surface area contributed by atoms with E-state index in [4.69, 9.17) is 4.74 Å². The number of piperazine rings is 1. The van der Waals surface area contributed by atoms with E-state index in [9.17, 15) is 28.7 Å². The molecule has 0 radical (unpaired) electrons. The summed E-state index contributed by atoms with van der Waals surface area (Å²) in [5.74, 6) is -1.45. The molecular formula is C27H32FN5O6. The Balaban J connectivity index is 1.55. The molecule has 0 bridgehead atoms. The Hall–Kier alpha value is -4.19. The van der Waals surface area contributed by atoms with Gasteiger partial charge < -0.3 is 25.0 Å². The third kappa shape index (κ3) is 6.45. The molecule has 0 unspecified atom stereocenters. The minimum atomic E-state index is -1.08. The number of hydrogen-bond donors (Lipinski definition) is 2. The van der Waals surface area contributed by atoms with Crippen molar-refractivity contribution in [2.24, 2.45) is 0 Å². The van der Waals surface area contributed by atoms with E-state index in [2.05, 4.69) is 5.32 Å². The Morgan fingerprint density at radius 3 is 2.38 bits per heavy atom. The molecule has 2 aliphatic heterocycles. The van der Waals surface area contributed by atoms with Gasteiger partial charge in [-0.2, -0.15) is 0 Å². The highest BCUT2D eigenvalue weighted by atomic mass is 19.1. The lowest BCUT2D eigenvalue weighted by Crippen LogP contribution is -2.76. The fourth-order valence-corrected chi connectivity index (χ4v) is 4.96. The van der Waals surface area contributed by atoms with Crippen molar-refractivity contribution >= 4 is 23.8 Å². The van der Waals surface area contributed by atoms with Crippen LogP contribution in [0.1, 0.15) is 24.0 Å². The topological polar surface area (TPSA) is 123 Å². The van der Waals surface area contributed by atoms with Gasteiger partial charge in [0.15, 0.2) is 0 Å². The summed E-state index contributed by atoms with van der Waals surface area (Å²) in [6.45, 7) is 0.371. The number of carboxylic acids is 1.